The van der Waals surface area contributed by atoms with E-state index in [1.165, 1.54) is 15.8 Å². The normalized spacial score (nSPS) is 12.9. The van der Waals surface area contributed by atoms with Crippen molar-refractivity contribution in [2.45, 2.75) is 33.2 Å². The van der Waals surface area contributed by atoms with Gasteiger partial charge in [-0.15, -0.1) is 11.3 Å². The number of nitrogens with zero attached hydrogens (tertiary/aromatic N) is 2. The first-order valence-corrected chi connectivity index (χ1v) is 8.34. The number of thioether (sulfide) groups is 1. The van der Waals surface area contributed by atoms with Gasteiger partial charge in [-0.05, 0) is 32.1 Å². The minimum absolute atomic E-state index is 0.470. The zero-order valence-electron chi connectivity index (χ0n) is 11.3. The third-order valence-electron chi connectivity index (χ3n) is 3.17. The van der Waals surface area contributed by atoms with E-state index in [1.807, 2.05) is 11.8 Å². The van der Waals surface area contributed by atoms with Crippen LogP contribution in [0.15, 0.2) is 6.33 Å². The average Bonchev–Trinajstić information content (AvgIpc) is 2.65. The van der Waals surface area contributed by atoms with Crippen LogP contribution in [0, 0.1) is 13.8 Å². The Balaban J connectivity index is 2.38. The van der Waals surface area contributed by atoms with Crippen LogP contribution < -0.4 is 5.32 Å². The second kappa shape index (κ2) is 5.89. The van der Waals surface area contributed by atoms with Gasteiger partial charge in [-0.25, -0.2) is 9.97 Å². The average molecular weight is 281 g/mol. The van der Waals surface area contributed by atoms with Crippen LogP contribution >= 0.6 is 23.1 Å². The molecular weight excluding hydrogens is 262 g/mol. The molecule has 0 radical (unpaired) electrons. The van der Waals surface area contributed by atoms with Crippen molar-refractivity contribution in [1.82, 2.24) is 9.97 Å². The van der Waals surface area contributed by atoms with Crippen molar-refractivity contribution in [2.75, 3.05) is 17.3 Å². The van der Waals surface area contributed by atoms with Crippen LogP contribution in [0.3, 0.4) is 0 Å². The number of aryl methyl sites for hydroxylation is 2. The molecule has 18 heavy (non-hydrogen) atoms. The molecule has 0 fully saturated rings. The summed E-state index contributed by atoms with van der Waals surface area (Å²) in [6.07, 6.45) is 4.90. The van der Waals surface area contributed by atoms with Crippen molar-refractivity contribution >= 4 is 39.1 Å². The Labute approximate surface area is 116 Å². The molecule has 0 aliphatic rings. The standard InChI is InChI=1S/C13H19N3S2/c1-5-10(6-17-4)16-12-11-8(2)9(3)18-13(11)15-7-14-12/h7,10H,5-6H2,1-4H3,(H,14,15,16). The van der Waals surface area contributed by atoms with Gasteiger partial charge in [-0.1, -0.05) is 6.92 Å². The Hall–Kier alpha value is -0.810. The summed E-state index contributed by atoms with van der Waals surface area (Å²) in [6.45, 7) is 6.50. The van der Waals surface area contributed by atoms with Crippen LogP contribution in [0.5, 0.6) is 0 Å². The fourth-order valence-electron chi connectivity index (χ4n) is 1.95. The molecule has 5 heteroatoms. The third-order valence-corrected chi connectivity index (χ3v) is 5.02. The number of nitrogens with one attached hydrogen (secondary N) is 1. The van der Waals surface area contributed by atoms with Crippen LogP contribution in [-0.2, 0) is 0 Å². The second-order valence-corrected chi connectivity index (χ2v) is 6.50. The third kappa shape index (κ3) is 2.62. The van der Waals surface area contributed by atoms with Gasteiger partial charge in [0.2, 0.25) is 0 Å². The SMILES string of the molecule is CCC(CSC)Nc1ncnc2sc(C)c(C)c12. The van der Waals surface area contributed by atoms with E-state index in [4.69, 9.17) is 0 Å². The highest BCUT2D eigenvalue weighted by Gasteiger charge is 2.14. The minimum atomic E-state index is 0.470. The fourth-order valence-corrected chi connectivity index (χ4v) is 3.67. The van der Waals surface area contributed by atoms with E-state index < -0.39 is 0 Å². The van der Waals surface area contributed by atoms with E-state index in [2.05, 4.69) is 42.3 Å². The van der Waals surface area contributed by atoms with Gasteiger partial charge >= 0.3 is 0 Å². The summed E-state index contributed by atoms with van der Waals surface area (Å²) >= 11 is 3.61. The molecule has 3 nitrogen and oxygen atoms in total. The molecule has 0 aliphatic heterocycles. The van der Waals surface area contributed by atoms with Gasteiger partial charge in [0.25, 0.3) is 0 Å². The lowest BCUT2D eigenvalue weighted by atomic mass is 10.2. The fraction of sp³-hybridized carbons (Fsp3) is 0.538. The number of hydrogen-bond donors (Lipinski definition) is 1. The molecule has 2 heterocycles. The number of thiophene rings is 1. The number of hydrogen-bond acceptors (Lipinski definition) is 5. The van der Waals surface area contributed by atoms with Crippen LogP contribution in [0.1, 0.15) is 23.8 Å². The van der Waals surface area contributed by atoms with Crippen LogP contribution in [0.2, 0.25) is 0 Å². The van der Waals surface area contributed by atoms with E-state index in [1.54, 1.807) is 17.7 Å². The summed E-state index contributed by atoms with van der Waals surface area (Å²) in [5, 5.41) is 4.76. The molecule has 1 atom stereocenters. The molecule has 2 aromatic heterocycles. The van der Waals surface area contributed by atoms with Gasteiger partial charge in [0, 0.05) is 16.7 Å². The molecular formula is C13H19N3S2. The monoisotopic (exact) mass is 281 g/mol. The Kier molecular flexibility index (Phi) is 4.45. The van der Waals surface area contributed by atoms with E-state index in [9.17, 15) is 0 Å². The van der Waals surface area contributed by atoms with Crippen LogP contribution in [0.25, 0.3) is 10.2 Å². The largest absolute Gasteiger partial charge is 0.366 e. The Bertz CT molecular complexity index is 536. The predicted molar refractivity (Wildman–Crippen MR) is 83.0 cm³/mol. The van der Waals surface area contributed by atoms with E-state index in [-0.39, 0.29) is 0 Å². The van der Waals surface area contributed by atoms with Crippen molar-refractivity contribution in [3.8, 4) is 0 Å². The quantitative estimate of drug-likeness (QED) is 0.903. The first-order valence-electron chi connectivity index (χ1n) is 6.13. The van der Waals surface area contributed by atoms with E-state index >= 15 is 0 Å². The summed E-state index contributed by atoms with van der Waals surface area (Å²) in [5.41, 5.74) is 1.30. The summed E-state index contributed by atoms with van der Waals surface area (Å²) in [5.74, 6) is 2.09. The summed E-state index contributed by atoms with van der Waals surface area (Å²) < 4.78 is 0. The topological polar surface area (TPSA) is 37.8 Å². The number of rotatable bonds is 5. The van der Waals surface area contributed by atoms with Gasteiger partial charge in [-0.2, -0.15) is 11.8 Å². The first-order chi connectivity index (χ1) is 8.67. The number of fused-ring (bicyclic) bond motifs is 1. The van der Waals surface area contributed by atoms with Gasteiger partial charge in [0.05, 0.1) is 5.39 Å². The molecule has 0 bridgehead atoms. The molecule has 98 valence electrons. The molecule has 0 spiro atoms. The minimum Gasteiger partial charge on any atom is -0.366 e. The van der Waals surface area contributed by atoms with Crippen molar-refractivity contribution in [2.24, 2.45) is 0 Å². The maximum atomic E-state index is 4.43. The molecule has 1 N–H and O–H groups in total. The Morgan fingerprint density at radius 3 is 2.83 bits per heavy atom. The van der Waals surface area contributed by atoms with Crippen molar-refractivity contribution in [1.29, 1.82) is 0 Å². The zero-order valence-corrected chi connectivity index (χ0v) is 12.9. The molecule has 1 unspecified atom stereocenters. The Morgan fingerprint density at radius 2 is 2.17 bits per heavy atom. The smallest absolute Gasteiger partial charge is 0.138 e. The molecule has 0 saturated heterocycles. The van der Waals surface area contributed by atoms with Crippen molar-refractivity contribution < 1.29 is 0 Å². The maximum Gasteiger partial charge on any atom is 0.138 e. The molecule has 2 aromatic rings. The molecule has 0 saturated carbocycles. The lowest BCUT2D eigenvalue weighted by molar-refractivity contribution is 0.771. The highest BCUT2D eigenvalue weighted by Crippen LogP contribution is 2.32. The first kappa shape index (κ1) is 13.6. The van der Waals surface area contributed by atoms with Crippen LogP contribution in [0.4, 0.5) is 5.82 Å². The van der Waals surface area contributed by atoms with Gasteiger partial charge < -0.3 is 5.32 Å². The highest BCUT2D eigenvalue weighted by atomic mass is 32.2. The zero-order chi connectivity index (χ0) is 13.1. The highest BCUT2D eigenvalue weighted by molar-refractivity contribution is 7.98. The van der Waals surface area contributed by atoms with E-state index in [0.29, 0.717) is 6.04 Å². The summed E-state index contributed by atoms with van der Waals surface area (Å²) in [6, 6.07) is 0.470. The molecule has 0 aliphatic carbocycles. The van der Waals surface area contributed by atoms with Gasteiger partial charge in [0.15, 0.2) is 0 Å². The second-order valence-electron chi connectivity index (χ2n) is 4.39. The van der Waals surface area contributed by atoms with Gasteiger partial charge in [-0.3, -0.25) is 0 Å². The summed E-state index contributed by atoms with van der Waals surface area (Å²) in [7, 11) is 0. The van der Waals surface area contributed by atoms with Gasteiger partial charge in [0.1, 0.15) is 17.0 Å². The van der Waals surface area contributed by atoms with Crippen molar-refractivity contribution in [3.05, 3.63) is 16.8 Å². The number of aromatic nitrogens is 2. The van der Waals surface area contributed by atoms with Crippen molar-refractivity contribution in [3.63, 3.8) is 0 Å². The lowest BCUT2D eigenvalue weighted by Gasteiger charge is -2.17. The molecule has 2 rings (SSSR count). The number of anilines is 1. The molecule has 0 aromatic carbocycles. The van der Waals surface area contributed by atoms with Crippen LogP contribution in [-0.4, -0.2) is 28.0 Å². The molecule has 0 amide bonds. The predicted octanol–water partition coefficient (Wildman–Crippen LogP) is 3.86. The Morgan fingerprint density at radius 1 is 1.39 bits per heavy atom. The maximum absolute atomic E-state index is 4.43. The summed E-state index contributed by atoms with van der Waals surface area (Å²) in [4.78, 5) is 11.2. The van der Waals surface area contributed by atoms with E-state index in [0.717, 1.165) is 22.8 Å². The lowest BCUT2D eigenvalue weighted by Crippen LogP contribution is -2.22.